The molecule has 0 radical (unpaired) electrons. The van der Waals surface area contributed by atoms with Crippen molar-refractivity contribution in [1.29, 1.82) is 0 Å². The molecule has 10 heteroatoms. The number of likely N-dealkylation sites (tertiary alicyclic amines) is 1. The van der Waals surface area contributed by atoms with Crippen LogP contribution in [0.25, 0.3) is 11.4 Å². The van der Waals surface area contributed by atoms with Crippen LogP contribution in [0.1, 0.15) is 64.3 Å². The zero-order valence-corrected chi connectivity index (χ0v) is 21.0. The topological polar surface area (TPSA) is 97.2 Å². The Morgan fingerprint density at radius 1 is 1.06 bits per heavy atom. The molecule has 1 unspecified atom stereocenters. The van der Waals surface area contributed by atoms with Crippen molar-refractivity contribution in [3.8, 4) is 11.4 Å². The van der Waals surface area contributed by atoms with Crippen LogP contribution in [0.2, 0.25) is 0 Å². The molecule has 1 saturated carbocycles. The van der Waals surface area contributed by atoms with Crippen molar-refractivity contribution in [2.75, 3.05) is 23.3 Å². The summed E-state index contributed by atoms with van der Waals surface area (Å²) in [6.07, 6.45) is 10.2. The molecule has 2 aliphatic rings. The first-order valence-electron chi connectivity index (χ1n) is 11.8. The SMILES string of the molecule is CC1CCCCN1C(=O)CSc1nnc(-c2ccc(NS(C)(=O)=O)cc2)n1C1CCCCC1. The Balaban J connectivity index is 1.56. The third-order valence-electron chi connectivity index (χ3n) is 6.50. The van der Waals surface area contributed by atoms with Crippen molar-refractivity contribution >= 4 is 33.4 Å². The highest BCUT2D eigenvalue weighted by Crippen LogP contribution is 2.36. The number of sulfonamides is 1. The van der Waals surface area contributed by atoms with E-state index in [1.165, 1.54) is 37.4 Å². The number of thioether (sulfide) groups is 1. The van der Waals surface area contributed by atoms with Crippen LogP contribution in [0.4, 0.5) is 5.69 Å². The molecule has 2 aromatic rings. The maximum atomic E-state index is 12.9. The molecule has 1 aliphatic carbocycles. The van der Waals surface area contributed by atoms with Gasteiger partial charge in [-0.25, -0.2) is 8.42 Å². The van der Waals surface area contributed by atoms with Crippen molar-refractivity contribution in [1.82, 2.24) is 19.7 Å². The third-order valence-corrected chi connectivity index (χ3v) is 8.03. The lowest BCUT2D eigenvalue weighted by molar-refractivity contribution is -0.131. The zero-order valence-electron chi connectivity index (χ0n) is 19.4. The van der Waals surface area contributed by atoms with Gasteiger partial charge in [0.15, 0.2) is 11.0 Å². The van der Waals surface area contributed by atoms with Crippen LogP contribution >= 0.6 is 11.8 Å². The van der Waals surface area contributed by atoms with Crippen molar-refractivity contribution in [3.63, 3.8) is 0 Å². The number of nitrogens with zero attached hydrogens (tertiary/aromatic N) is 4. The minimum absolute atomic E-state index is 0.170. The predicted molar refractivity (Wildman–Crippen MR) is 132 cm³/mol. The average Bonchev–Trinajstić information content (AvgIpc) is 3.22. The van der Waals surface area contributed by atoms with Gasteiger partial charge in [-0.3, -0.25) is 14.1 Å². The quantitative estimate of drug-likeness (QED) is 0.580. The van der Waals surface area contributed by atoms with Crippen LogP contribution in [-0.4, -0.2) is 58.6 Å². The predicted octanol–water partition coefficient (Wildman–Crippen LogP) is 4.31. The summed E-state index contributed by atoms with van der Waals surface area (Å²) in [5.74, 6) is 1.31. The first kappa shape index (κ1) is 24.1. The molecule has 1 amide bonds. The van der Waals surface area contributed by atoms with E-state index in [0.29, 0.717) is 23.5 Å². The number of benzene rings is 1. The van der Waals surface area contributed by atoms with Crippen LogP contribution in [-0.2, 0) is 14.8 Å². The van der Waals surface area contributed by atoms with Gasteiger partial charge in [0, 0.05) is 29.9 Å². The second-order valence-electron chi connectivity index (χ2n) is 9.14. The molecule has 2 fully saturated rings. The van der Waals surface area contributed by atoms with E-state index in [0.717, 1.165) is 55.0 Å². The van der Waals surface area contributed by atoms with E-state index in [-0.39, 0.29) is 5.91 Å². The summed E-state index contributed by atoms with van der Waals surface area (Å²) in [5.41, 5.74) is 1.40. The number of carbonyl (C=O) groups is 1. The molecule has 0 spiro atoms. The smallest absolute Gasteiger partial charge is 0.233 e. The number of piperidine rings is 1. The number of anilines is 1. The molecular weight excluding hydrogens is 458 g/mol. The number of carbonyl (C=O) groups excluding carboxylic acids is 1. The van der Waals surface area contributed by atoms with Crippen LogP contribution in [0.15, 0.2) is 29.4 Å². The standard InChI is InChI=1S/C23H33N5O3S2/c1-17-8-6-7-15-27(17)21(29)16-32-23-25-24-22(28(23)20-9-4-3-5-10-20)18-11-13-19(14-12-18)26-33(2,30)31/h11-14,17,20,26H,3-10,15-16H2,1-2H3. The molecule has 2 heterocycles. The number of hydrogen-bond donors (Lipinski definition) is 1. The highest BCUT2D eigenvalue weighted by atomic mass is 32.2. The number of nitrogens with one attached hydrogen (secondary N) is 1. The maximum Gasteiger partial charge on any atom is 0.233 e. The summed E-state index contributed by atoms with van der Waals surface area (Å²) in [7, 11) is -3.33. The lowest BCUT2D eigenvalue weighted by Crippen LogP contribution is -2.43. The lowest BCUT2D eigenvalue weighted by Gasteiger charge is -2.33. The van der Waals surface area contributed by atoms with Gasteiger partial charge in [-0.2, -0.15) is 0 Å². The Morgan fingerprint density at radius 2 is 1.76 bits per heavy atom. The summed E-state index contributed by atoms with van der Waals surface area (Å²) >= 11 is 1.48. The molecule has 0 bridgehead atoms. The van der Waals surface area contributed by atoms with Crippen LogP contribution in [0, 0.1) is 0 Å². The monoisotopic (exact) mass is 491 g/mol. The highest BCUT2D eigenvalue weighted by Gasteiger charge is 2.27. The molecule has 33 heavy (non-hydrogen) atoms. The zero-order chi connectivity index (χ0) is 23.4. The molecule has 8 nitrogen and oxygen atoms in total. The average molecular weight is 492 g/mol. The Labute approximate surface area is 200 Å². The Hall–Kier alpha value is -2.07. The van der Waals surface area contributed by atoms with Crippen LogP contribution in [0.3, 0.4) is 0 Å². The molecule has 4 rings (SSSR count). The molecule has 1 aromatic carbocycles. The number of rotatable bonds is 7. The second-order valence-corrected chi connectivity index (χ2v) is 11.8. The molecule has 1 N–H and O–H groups in total. The summed E-state index contributed by atoms with van der Waals surface area (Å²) in [6.45, 7) is 2.97. The second kappa shape index (κ2) is 10.5. The molecule has 1 aliphatic heterocycles. The number of amides is 1. The fourth-order valence-electron chi connectivity index (χ4n) is 4.82. The minimum Gasteiger partial charge on any atom is -0.339 e. The first-order chi connectivity index (χ1) is 15.8. The summed E-state index contributed by atoms with van der Waals surface area (Å²) in [5, 5.41) is 9.76. The van der Waals surface area contributed by atoms with Crippen LogP contribution < -0.4 is 4.72 Å². The highest BCUT2D eigenvalue weighted by molar-refractivity contribution is 7.99. The van der Waals surface area contributed by atoms with Crippen molar-refractivity contribution in [2.45, 2.75) is 75.5 Å². The summed E-state index contributed by atoms with van der Waals surface area (Å²) in [4.78, 5) is 14.9. The van der Waals surface area contributed by atoms with E-state index in [1.54, 1.807) is 12.1 Å². The molecular formula is C23H33N5O3S2. The Morgan fingerprint density at radius 3 is 2.42 bits per heavy atom. The fraction of sp³-hybridized carbons (Fsp3) is 0.609. The van der Waals surface area contributed by atoms with Crippen molar-refractivity contribution in [3.05, 3.63) is 24.3 Å². The van der Waals surface area contributed by atoms with E-state index >= 15 is 0 Å². The van der Waals surface area contributed by atoms with Crippen molar-refractivity contribution in [2.24, 2.45) is 0 Å². The van der Waals surface area contributed by atoms with E-state index in [2.05, 4.69) is 26.4 Å². The third kappa shape index (κ3) is 6.09. The van der Waals surface area contributed by atoms with Gasteiger partial charge < -0.3 is 4.90 Å². The molecule has 1 atom stereocenters. The van der Waals surface area contributed by atoms with Gasteiger partial charge in [-0.1, -0.05) is 31.0 Å². The van der Waals surface area contributed by atoms with Gasteiger partial charge in [0.1, 0.15) is 0 Å². The van der Waals surface area contributed by atoms with E-state index in [1.807, 2.05) is 17.0 Å². The van der Waals surface area contributed by atoms with E-state index < -0.39 is 10.0 Å². The molecule has 1 saturated heterocycles. The number of hydrogen-bond acceptors (Lipinski definition) is 6. The lowest BCUT2D eigenvalue weighted by atomic mass is 9.95. The van der Waals surface area contributed by atoms with Gasteiger partial charge in [0.2, 0.25) is 15.9 Å². The van der Waals surface area contributed by atoms with Gasteiger partial charge in [-0.05, 0) is 63.3 Å². The maximum absolute atomic E-state index is 12.9. The van der Waals surface area contributed by atoms with E-state index in [9.17, 15) is 13.2 Å². The van der Waals surface area contributed by atoms with Gasteiger partial charge >= 0.3 is 0 Å². The summed E-state index contributed by atoms with van der Waals surface area (Å²) < 4.78 is 27.7. The van der Waals surface area contributed by atoms with Gasteiger partial charge in [-0.15, -0.1) is 10.2 Å². The molecule has 180 valence electrons. The summed E-state index contributed by atoms with van der Waals surface area (Å²) in [6, 6.07) is 7.83. The fourth-order valence-corrected chi connectivity index (χ4v) is 6.28. The Bertz CT molecular complexity index is 1060. The van der Waals surface area contributed by atoms with Crippen LogP contribution in [0.5, 0.6) is 0 Å². The van der Waals surface area contributed by atoms with Gasteiger partial charge in [0.05, 0.1) is 12.0 Å². The van der Waals surface area contributed by atoms with Crippen molar-refractivity contribution < 1.29 is 13.2 Å². The normalized spacial score (nSPS) is 20.1. The van der Waals surface area contributed by atoms with E-state index in [4.69, 9.17) is 0 Å². The first-order valence-corrected chi connectivity index (χ1v) is 14.6. The number of aromatic nitrogens is 3. The largest absolute Gasteiger partial charge is 0.339 e. The Kier molecular flexibility index (Phi) is 7.63. The molecule has 1 aromatic heterocycles. The van der Waals surface area contributed by atoms with Gasteiger partial charge in [0.25, 0.3) is 0 Å². The minimum atomic E-state index is -3.33.